The van der Waals surface area contributed by atoms with Gasteiger partial charge in [0.1, 0.15) is 11.8 Å². The number of unbranched alkanes of at least 4 members (excludes halogenated alkanes) is 8. The van der Waals surface area contributed by atoms with Gasteiger partial charge in [0, 0.05) is 24.8 Å². The number of carboxylic acids is 1. The second-order valence-electron chi connectivity index (χ2n) is 6.31. The Morgan fingerprint density at radius 2 is 1.40 bits per heavy atom. The molecule has 0 aromatic heterocycles. The van der Waals surface area contributed by atoms with E-state index >= 15 is 0 Å². The molecule has 3 N–H and O–H groups in total. The quantitative estimate of drug-likeness (QED) is 0.190. The van der Waals surface area contributed by atoms with Gasteiger partial charge >= 0.3 is 5.97 Å². The summed E-state index contributed by atoms with van der Waals surface area (Å²) in [4.78, 5) is 34.3. The summed E-state index contributed by atoms with van der Waals surface area (Å²) < 4.78 is 0. The number of hydrogen-bond acceptors (Lipinski definition) is 4. The van der Waals surface area contributed by atoms with E-state index in [0.717, 1.165) is 24.6 Å². The predicted molar refractivity (Wildman–Crippen MR) is 101 cm³/mol. The molecule has 0 unspecified atom stereocenters. The highest BCUT2D eigenvalue weighted by molar-refractivity contribution is 9.09. The molecule has 25 heavy (non-hydrogen) atoms. The highest BCUT2D eigenvalue weighted by Crippen LogP contribution is 2.11. The van der Waals surface area contributed by atoms with Crippen LogP contribution in [0.25, 0.3) is 0 Å². The van der Waals surface area contributed by atoms with E-state index in [1.165, 1.54) is 38.5 Å². The molecular formula is C18H32BrNO5. The van der Waals surface area contributed by atoms with Crippen LogP contribution < -0.4 is 5.32 Å². The molecule has 1 atom stereocenters. The van der Waals surface area contributed by atoms with Gasteiger partial charge in [-0.15, -0.1) is 0 Å². The molecule has 1 amide bonds. The second kappa shape index (κ2) is 16.5. The van der Waals surface area contributed by atoms with Crippen molar-refractivity contribution in [3.63, 3.8) is 0 Å². The summed E-state index contributed by atoms with van der Waals surface area (Å²) in [6, 6.07) is -1.14. The maximum Gasteiger partial charge on any atom is 0.326 e. The topological polar surface area (TPSA) is 104 Å². The normalized spacial score (nSPS) is 11.9. The van der Waals surface area contributed by atoms with Crippen LogP contribution in [0.4, 0.5) is 0 Å². The van der Waals surface area contributed by atoms with Crippen LogP contribution in [0.3, 0.4) is 0 Å². The number of rotatable bonds is 17. The van der Waals surface area contributed by atoms with Crippen molar-refractivity contribution in [2.75, 3.05) is 11.9 Å². The number of alkyl halides is 1. The number of carbonyl (C=O) groups excluding carboxylic acids is 2. The van der Waals surface area contributed by atoms with Crippen LogP contribution in [0.1, 0.15) is 77.0 Å². The number of amides is 1. The number of halogens is 1. The van der Waals surface area contributed by atoms with Crippen LogP contribution in [-0.2, 0) is 14.4 Å². The molecule has 0 aromatic rings. The van der Waals surface area contributed by atoms with Gasteiger partial charge in [-0.2, -0.15) is 0 Å². The molecule has 0 aliphatic heterocycles. The van der Waals surface area contributed by atoms with Gasteiger partial charge in [0.05, 0.1) is 6.42 Å². The molecule has 146 valence electrons. The van der Waals surface area contributed by atoms with E-state index in [-0.39, 0.29) is 25.2 Å². The molecule has 7 heteroatoms. The lowest BCUT2D eigenvalue weighted by Crippen LogP contribution is -2.42. The van der Waals surface area contributed by atoms with Crippen molar-refractivity contribution in [2.45, 2.75) is 83.1 Å². The highest BCUT2D eigenvalue weighted by atomic mass is 79.9. The molecule has 6 nitrogen and oxygen atoms in total. The fraction of sp³-hybridized carbons (Fsp3) is 0.833. The average molecular weight is 422 g/mol. The molecule has 0 heterocycles. The number of aliphatic hydroxyl groups is 1. The Labute approximate surface area is 158 Å². The third-order valence-electron chi connectivity index (χ3n) is 4.00. The zero-order valence-corrected chi connectivity index (χ0v) is 16.6. The summed E-state index contributed by atoms with van der Waals surface area (Å²) in [5.74, 6) is -1.96. The Balaban J connectivity index is 3.63. The van der Waals surface area contributed by atoms with Gasteiger partial charge in [-0.3, -0.25) is 9.59 Å². The molecule has 0 fully saturated rings. The Hall–Kier alpha value is -0.950. The minimum absolute atomic E-state index is 0.0641. The molecule has 0 aliphatic rings. The number of Topliss-reactive ketones (excluding diaryl/α,β-unsaturated/α-hetero) is 1. The number of hydrogen-bond donors (Lipinski definition) is 3. The highest BCUT2D eigenvalue weighted by Gasteiger charge is 2.20. The number of ketones is 1. The van der Waals surface area contributed by atoms with E-state index in [1.54, 1.807) is 0 Å². The minimum Gasteiger partial charge on any atom is -0.480 e. The third-order valence-corrected chi connectivity index (χ3v) is 4.56. The van der Waals surface area contributed by atoms with Crippen LogP contribution in [0, 0.1) is 0 Å². The zero-order valence-electron chi connectivity index (χ0n) is 15.0. The van der Waals surface area contributed by atoms with E-state index in [0.29, 0.717) is 6.42 Å². The summed E-state index contributed by atoms with van der Waals surface area (Å²) in [5.41, 5.74) is 0. The van der Waals surface area contributed by atoms with Gasteiger partial charge < -0.3 is 15.5 Å². The van der Waals surface area contributed by atoms with Crippen LogP contribution in [0.5, 0.6) is 0 Å². The lowest BCUT2D eigenvalue weighted by atomic mass is 10.0. The van der Waals surface area contributed by atoms with E-state index in [9.17, 15) is 14.4 Å². The Kier molecular flexibility index (Phi) is 15.9. The SMILES string of the molecule is O=C(CCCCCCCCCCCBr)CC(=O)N[C@@H](CCO)C(=O)O. The minimum atomic E-state index is -1.21. The summed E-state index contributed by atoms with van der Waals surface area (Å²) >= 11 is 3.42. The van der Waals surface area contributed by atoms with Crippen molar-refractivity contribution in [1.82, 2.24) is 5.32 Å². The standard InChI is InChI=1S/C18H32BrNO5/c19-12-9-7-5-3-1-2-4-6-8-10-15(22)14-17(23)20-16(11-13-21)18(24)25/h16,21H,1-14H2,(H,20,23)(H,24,25)/t16-/m0/s1. The first kappa shape index (κ1) is 24.1. The van der Waals surface area contributed by atoms with Crippen LogP contribution in [-0.4, -0.2) is 45.9 Å². The fourth-order valence-electron chi connectivity index (χ4n) is 2.55. The average Bonchev–Trinajstić information content (AvgIpc) is 2.56. The molecule has 0 rings (SSSR count). The van der Waals surface area contributed by atoms with Crippen molar-refractivity contribution in [3.05, 3.63) is 0 Å². The number of aliphatic hydroxyl groups excluding tert-OH is 1. The van der Waals surface area contributed by atoms with Gasteiger partial charge in [0.15, 0.2) is 0 Å². The first-order valence-electron chi connectivity index (χ1n) is 9.22. The Bertz CT molecular complexity index is 390. The number of carboxylic acid groups (broad SMARTS) is 1. The Morgan fingerprint density at radius 3 is 1.88 bits per heavy atom. The van der Waals surface area contributed by atoms with Gasteiger partial charge in [-0.05, 0) is 12.8 Å². The molecule has 0 radical (unpaired) electrons. The molecule has 0 saturated heterocycles. The van der Waals surface area contributed by atoms with Gasteiger partial charge in [0.2, 0.25) is 5.91 Å². The summed E-state index contributed by atoms with van der Waals surface area (Å²) in [5, 5.41) is 21.0. The van der Waals surface area contributed by atoms with Gasteiger partial charge in [-0.25, -0.2) is 4.79 Å². The molecule has 0 aromatic carbocycles. The second-order valence-corrected chi connectivity index (χ2v) is 7.10. The lowest BCUT2D eigenvalue weighted by Gasteiger charge is -2.12. The summed E-state index contributed by atoms with van der Waals surface area (Å²) in [6.07, 6.45) is 10.4. The lowest BCUT2D eigenvalue weighted by molar-refractivity contribution is -0.143. The van der Waals surface area contributed by atoms with Gasteiger partial charge in [0.25, 0.3) is 0 Å². The number of aliphatic carboxylic acids is 1. The van der Waals surface area contributed by atoms with Crippen molar-refractivity contribution in [2.24, 2.45) is 0 Å². The predicted octanol–water partition coefficient (Wildman–Crippen LogP) is 3.19. The van der Waals surface area contributed by atoms with Crippen molar-refractivity contribution >= 4 is 33.6 Å². The first-order valence-corrected chi connectivity index (χ1v) is 10.3. The van der Waals surface area contributed by atoms with E-state index in [4.69, 9.17) is 10.2 Å². The van der Waals surface area contributed by atoms with Crippen LogP contribution >= 0.6 is 15.9 Å². The van der Waals surface area contributed by atoms with E-state index in [1.807, 2.05) is 0 Å². The monoisotopic (exact) mass is 421 g/mol. The van der Waals surface area contributed by atoms with Crippen LogP contribution in [0.15, 0.2) is 0 Å². The van der Waals surface area contributed by atoms with Crippen molar-refractivity contribution in [1.29, 1.82) is 0 Å². The zero-order chi connectivity index (χ0) is 18.9. The van der Waals surface area contributed by atoms with E-state index in [2.05, 4.69) is 21.2 Å². The maximum absolute atomic E-state index is 11.7. The molecule has 0 spiro atoms. The van der Waals surface area contributed by atoms with Gasteiger partial charge in [-0.1, -0.05) is 60.9 Å². The summed E-state index contributed by atoms with van der Waals surface area (Å²) in [7, 11) is 0. The molecule has 0 saturated carbocycles. The number of carbonyl (C=O) groups is 3. The number of nitrogens with one attached hydrogen (secondary N) is 1. The van der Waals surface area contributed by atoms with Crippen molar-refractivity contribution in [3.8, 4) is 0 Å². The molecule has 0 bridgehead atoms. The summed E-state index contributed by atoms with van der Waals surface area (Å²) in [6.45, 7) is -0.332. The third kappa shape index (κ3) is 15.1. The van der Waals surface area contributed by atoms with Crippen molar-refractivity contribution < 1.29 is 24.6 Å². The van der Waals surface area contributed by atoms with Crippen LogP contribution in [0.2, 0.25) is 0 Å². The Morgan fingerprint density at radius 1 is 0.880 bits per heavy atom. The fourth-order valence-corrected chi connectivity index (χ4v) is 2.95. The van der Waals surface area contributed by atoms with E-state index < -0.39 is 17.9 Å². The molecular weight excluding hydrogens is 390 g/mol. The molecule has 0 aliphatic carbocycles. The first-order chi connectivity index (χ1) is 12.0. The maximum atomic E-state index is 11.7. The largest absolute Gasteiger partial charge is 0.480 e. The smallest absolute Gasteiger partial charge is 0.326 e.